The van der Waals surface area contributed by atoms with Crippen molar-refractivity contribution in [1.82, 2.24) is 9.78 Å². The maximum absolute atomic E-state index is 11.5. The van der Waals surface area contributed by atoms with Gasteiger partial charge in [0.25, 0.3) is 0 Å². The first-order valence-corrected chi connectivity index (χ1v) is 6.25. The Morgan fingerprint density at radius 1 is 1.43 bits per heavy atom. The minimum atomic E-state index is -3.22. The molecule has 1 aliphatic rings. The third-order valence-electron chi connectivity index (χ3n) is 3.08. The van der Waals surface area contributed by atoms with Crippen molar-refractivity contribution >= 4 is 12.7 Å². The molecule has 0 radical (unpaired) electrons. The van der Waals surface area contributed by atoms with Gasteiger partial charge >= 0.3 is 12.7 Å². The normalized spacial score (nSPS) is 15.7. The monoisotopic (exact) mass is 291 g/mol. The summed E-state index contributed by atoms with van der Waals surface area (Å²) in [5.74, 6) is -1.26. The fraction of sp³-hybridized carbons (Fsp3) is 0.167. The lowest BCUT2D eigenvalue weighted by Crippen LogP contribution is -2.51. The first-order chi connectivity index (χ1) is 9.96. The van der Waals surface area contributed by atoms with E-state index in [0.29, 0.717) is 5.56 Å². The van der Waals surface area contributed by atoms with Crippen LogP contribution in [0.1, 0.15) is 15.9 Å². The number of hydrogen-bond acceptors (Lipinski definition) is 6. The summed E-state index contributed by atoms with van der Waals surface area (Å²) < 4.78 is 11.7. The van der Waals surface area contributed by atoms with E-state index < -0.39 is 19.2 Å². The van der Waals surface area contributed by atoms with Crippen molar-refractivity contribution in [2.24, 2.45) is 0 Å². The molecule has 8 nitrogen and oxygen atoms in total. The van der Waals surface area contributed by atoms with Crippen molar-refractivity contribution < 1.29 is 29.3 Å². The lowest BCUT2D eigenvalue weighted by Gasteiger charge is -2.37. The van der Waals surface area contributed by atoms with Gasteiger partial charge in [-0.05, 0) is 17.7 Å². The molecule has 0 amide bonds. The number of carboxylic acids is 1. The molecule has 0 fully saturated rings. The van der Waals surface area contributed by atoms with Crippen LogP contribution in [-0.2, 0) is 6.54 Å². The highest BCUT2D eigenvalue weighted by Gasteiger charge is 2.34. The second-order valence-electron chi connectivity index (χ2n) is 4.72. The number of benzene rings is 1. The summed E-state index contributed by atoms with van der Waals surface area (Å²) in [4.78, 5) is 11.5. The Balaban J connectivity index is 2.07. The van der Waals surface area contributed by atoms with Gasteiger partial charge in [-0.1, -0.05) is 6.07 Å². The largest absolute Gasteiger partial charge is 0.665 e. The second-order valence-corrected chi connectivity index (χ2v) is 4.72. The van der Waals surface area contributed by atoms with E-state index >= 15 is 0 Å². The summed E-state index contributed by atoms with van der Waals surface area (Å²) in [6, 6.07) is 4.84. The van der Waals surface area contributed by atoms with Crippen LogP contribution >= 0.6 is 0 Å². The van der Waals surface area contributed by atoms with Crippen LogP contribution in [0.3, 0.4) is 0 Å². The Hall–Kier alpha value is -2.52. The number of hydrogen-bond donors (Lipinski definition) is 3. The van der Waals surface area contributed by atoms with E-state index in [9.17, 15) is 19.9 Å². The Morgan fingerprint density at radius 3 is 2.90 bits per heavy atom. The first kappa shape index (κ1) is 13.5. The van der Waals surface area contributed by atoms with Crippen LogP contribution in [0.15, 0.2) is 30.6 Å². The maximum atomic E-state index is 11.5. The summed E-state index contributed by atoms with van der Waals surface area (Å²) >= 11 is 0. The van der Waals surface area contributed by atoms with Crippen LogP contribution in [-0.4, -0.2) is 44.2 Å². The van der Waals surface area contributed by atoms with Gasteiger partial charge < -0.3 is 24.5 Å². The molecule has 0 unspecified atom stereocenters. The topological polar surface area (TPSA) is 114 Å². The van der Waals surface area contributed by atoms with Gasteiger partial charge in [0.2, 0.25) is 0 Å². The van der Waals surface area contributed by atoms with Gasteiger partial charge in [-0.3, -0.25) is 4.68 Å². The zero-order valence-electron chi connectivity index (χ0n) is 10.8. The minimum Gasteiger partial charge on any atom is -0.665 e. The molecule has 0 atom stereocenters. The summed E-state index contributed by atoms with van der Waals surface area (Å²) in [6.07, 6.45) is 3.27. The average Bonchev–Trinajstić information content (AvgIpc) is 2.89. The van der Waals surface area contributed by atoms with Crippen LogP contribution in [0, 0.1) is 0 Å². The molecule has 1 aromatic carbocycles. The van der Waals surface area contributed by atoms with E-state index in [1.807, 2.05) is 0 Å². The number of carboxylic acid groups (broad SMARTS) is 1. The highest BCUT2D eigenvalue weighted by Crippen LogP contribution is 2.38. The molecule has 0 aliphatic carbocycles. The molecule has 3 N–H and O–H groups in total. The minimum absolute atomic E-state index is 0.164. The predicted octanol–water partition coefficient (Wildman–Crippen LogP) is -0.137. The van der Waals surface area contributed by atoms with Crippen molar-refractivity contribution in [2.75, 3.05) is 6.51 Å². The molecule has 1 aliphatic heterocycles. The quantitative estimate of drug-likeness (QED) is 0.674. The lowest BCUT2D eigenvalue weighted by atomic mass is 9.80. The standard InChI is InChI=1S/C12H12BN2O6/c16-12(17)10-8(6-15-5-1-4-14-15)2-3-9-11(10)21-13(18,19)7-20-9/h1-5,18-19H,6-7H2,(H,16,17)/q-1. The molecule has 110 valence electrons. The number of rotatable bonds is 3. The van der Waals surface area contributed by atoms with E-state index in [0.717, 1.165) is 0 Å². The van der Waals surface area contributed by atoms with Gasteiger partial charge in [0.15, 0.2) is 5.75 Å². The SMILES string of the molecule is O=C(O)c1c(Cn2cccn2)ccc2c1O[B-](O)(O)CO2. The zero-order valence-corrected chi connectivity index (χ0v) is 10.8. The average molecular weight is 291 g/mol. The van der Waals surface area contributed by atoms with Gasteiger partial charge in [-0.15, -0.1) is 0 Å². The van der Waals surface area contributed by atoms with E-state index in [1.165, 1.54) is 6.07 Å². The molecular weight excluding hydrogens is 279 g/mol. The molecule has 2 aromatic rings. The summed E-state index contributed by atoms with van der Waals surface area (Å²) in [5.41, 5.74) is 0.249. The van der Waals surface area contributed by atoms with Crippen molar-refractivity contribution in [3.8, 4) is 11.5 Å². The van der Waals surface area contributed by atoms with Gasteiger partial charge in [0, 0.05) is 12.4 Å². The van der Waals surface area contributed by atoms with E-state index in [2.05, 4.69) is 5.10 Å². The molecule has 9 heteroatoms. The first-order valence-electron chi connectivity index (χ1n) is 6.25. The Bertz CT molecular complexity index is 685. The van der Waals surface area contributed by atoms with Crippen LogP contribution in [0.4, 0.5) is 0 Å². The summed E-state index contributed by atoms with van der Waals surface area (Å²) in [6.45, 7) is -3.45. The molecule has 1 aromatic heterocycles. The van der Waals surface area contributed by atoms with Crippen LogP contribution in [0.5, 0.6) is 11.5 Å². The summed E-state index contributed by atoms with van der Waals surface area (Å²) in [7, 11) is 0. The van der Waals surface area contributed by atoms with Crippen LogP contribution in [0.25, 0.3) is 0 Å². The van der Waals surface area contributed by atoms with Crippen molar-refractivity contribution in [3.05, 3.63) is 41.7 Å². The third-order valence-corrected chi connectivity index (χ3v) is 3.08. The fourth-order valence-corrected chi connectivity index (χ4v) is 2.19. The Labute approximate surface area is 119 Å². The smallest absolute Gasteiger partial charge is 0.467 e. The molecule has 3 rings (SSSR count). The Morgan fingerprint density at radius 2 is 2.24 bits per heavy atom. The van der Waals surface area contributed by atoms with Crippen LogP contribution in [0.2, 0.25) is 0 Å². The molecule has 0 saturated heterocycles. The molecule has 21 heavy (non-hydrogen) atoms. The number of carbonyl (C=O) groups is 1. The Kier molecular flexibility index (Phi) is 3.07. The highest BCUT2D eigenvalue weighted by atomic mass is 16.7. The predicted molar refractivity (Wildman–Crippen MR) is 71.0 cm³/mol. The van der Waals surface area contributed by atoms with Crippen molar-refractivity contribution in [2.45, 2.75) is 6.54 Å². The molecular formula is C12H12BN2O6-. The zero-order chi connectivity index (χ0) is 15.0. The number of aromatic carboxylic acids is 1. The van der Waals surface area contributed by atoms with Gasteiger partial charge in [0.05, 0.1) is 13.1 Å². The fourth-order valence-electron chi connectivity index (χ4n) is 2.19. The van der Waals surface area contributed by atoms with E-state index in [-0.39, 0.29) is 23.6 Å². The maximum Gasteiger partial charge on any atom is 0.467 e. The summed E-state index contributed by atoms with van der Waals surface area (Å²) in [5, 5.41) is 32.5. The molecule has 2 heterocycles. The second kappa shape index (κ2) is 4.79. The lowest BCUT2D eigenvalue weighted by molar-refractivity contribution is 0.0689. The molecule has 0 saturated carbocycles. The number of nitrogens with zero attached hydrogens (tertiary/aromatic N) is 2. The molecule has 0 bridgehead atoms. The number of fused-ring (bicyclic) bond motifs is 1. The van der Waals surface area contributed by atoms with Gasteiger partial charge in [-0.2, -0.15) is 5.10 Å². The number of ether oxygens (including phenoxy) is 1. The van der Waals surface area contributed by atoms with Crippen molar-refractivity contribution in [1.29, 1.82) is 0 Å². The van der Waals surface area contributed by atoms with Crippen LogP contribution < -0.4 is 9.39 Å². The van der Waals surface area contributed by atoms with E-state index in [4.69, 9.17) is 9.39 Å². The van der Waals surface area contributed by atoms with Crippen molar-refractivity contribution in [3.63, 3.8) is 0 Å². The molecule has 0 spiro atoms. The third kappa shape index (κ3) is 2.56. The highest BCUT2D eigenvalue weighted by molar-refractivity contribution is 6.58. The van der Waals surface area contributed by atoms with Gasteiger partial charge in [-0.25, -0.2) is 4.79 Å². The van der Waals surface area contributed by atoms with E-state index in [1.54, 1.807) is 29.2 Å². The van der Waals surface area contributed by atoms with Gasteiger partial charge in [0.1, 0.15) is 11.3 Å². The number of aromatic nitrogens is 2.